The summed E-state index contributed by atoms with van der Waals surface area (Å²) in [6.45, 7) is 3.59. The van der Waals surface area contributed by atoms with Gasteiger partial charge in [-0.2, -0.15) is 0 Å². The molecule has 0 spiro atoms. The van der Waals surface area contributed by atoms with Crippen LogP contribution in [0.1, 0.15) is 18.1 Å². The van der Waals surface area contributed by atoms with Gasteiger partial charge in [-0.3, -0.25) is 4.79 Å². The smallest absolute Gasteiger partial charge is 0.223 e. The lowest BCUT2D eigenvalue weighted by atomic mass is 10.1. The highest BCUT2D eigenvalue weighted by atomic mass is 16.2. The minimum absolute atomic E-state index is 0.0369. The van der Waals surface area contributed by atoms with Gasteiger partial charge in [0, 0.05) is 20.2 Å². The molecule has 0 N–H and O–H groups in total. The maximum absolute atomic E-state index is 10.9. The zero-order valence-electron chi connectivity index (χ0n) is 8.82. The minimum atomic E-state index is 0.0369. The highest BCUT2D eigenvalue weighted by Crippen LogP contribution is 2.08. The van der Waals surface area contributed by atoms with E-state index < -0.39 is 0 Å². The average Bonchev–Trinajstić information content (AvgIpc) is 2.16. The predicted molar refractivity (Wildman–Crippen MR) is 58.7 cm³/mol. The van der Waals surface area contributed by atoms with E-state index in [2.05, 4.69) is 0 Å². The molecule has 1 rings (SSSR count). The Hall–Kier alpha value is -1.57. The van der Waals surface area contributed by atoms with E-state index in [4.69, 9.17) is 0 Å². The van der Waals surface area contributed by atoms with Crippen molar-refractivity contribution in [1.82, 2.24) is 4.90 Å². The molecule has 0 saturated carbocycles. The molecule has 0 aromatic heterocycles. The number of nitrogens with zero attached hydrogens (tertiary/aromatic N) is 1. The van der Waals surface area contributed by atoms with Crippen LogP contribution in [0.15, 0.2) is 30.5 Å². The molecule has 0 aliphatic heterocycles. The van der Waals surface area contributed by atoms with E-state index in [-0.39, 0.29) is 5.91 Å². The van der Waals surface area contributed by atoms with Crippen LogP contribution >= 0.6 is 0 Å². The summed E-state index contributed by atoms with van der Waals surface area (Å²) >= 11 is 0. The molecule has 2 nitrogen and oxygen atoms in total. The van der Waals surface area contributed by atoms with Gasteiger partial charge in [0.25, 0.3) is 0 Å². The van der Waals surface area contributed by atoms with Gasteiger partial charge in [-0.05, 0) is 24.1 Å². The number of rotatable bonds is 2. The molecule has 0 aliphatic carbocycles. The van der Waals surface area contributed by atoms with Crippen molar-refractivity contribution in [2.24, 2.45) is 0 Å². The van der Waals surface area contributed by atoms with Crippen molar-refractivity contribution in [1.29, 1.82) is 0 Å². The summed E-state index contributed by atoms with van der Waals surface area (Å²) in [5.41, 5.74) is 2.35. The first-order valence-corrected chi connectivity index (χ1v) is 4.58. The van der Waals surface area contributed by atoms with Gasteiger partial charge in [0.2, 0.25) is 5.91 Å². The number of carbonyl (C=O) groups excluding carboxylic acids is 1. The lowest BCUT2D eigenvalue weighted by Crippen LogP contribution is -2.16. The van der Waals surface area contributed by atoms with E-state index in [0.29, 0.717) is 0 Å². The van der Waals surface area contributed by atoms with E-state index >= 15 is 0 Å². The number of aryl methyl sites for hydroxylation is 1. The summed E-state index contributed by atoms with van der Waals surface area (Å²) in [6.07, 6.45) is 3.72. The third-order valence-corrected chi connectivity index (χ3v) is 2.16. The number of benzene rings is 1. The van der Waals surface area contributed by atoms with E-state index in [1.165, 1.54) is 5.56 Å². The van der Waals surface area contributed by atoms with Gasteiger partial charge in [-0.25, -0.2) is 0 Å². The molecule has 1 aromatic rings. The monoisotopic (exact) mass is 189 g/mol. The van der Waals surface area contributed by atoms with Crippen molar-refractivity contribution >= 4 is 12.0 Å². The van der Waals surface area contributed by atoms with E-state index in [1.54, 1.807) is 25.1 Å². The summed E-state index contributed by atoms with van der Waals surface area (Å²) in [5, 5.41) is 0. The van der Waals surface area contributed by atoms with Gasteiger partial charge in [-0.1, -0.05) is 24.3 Å². The Labute approximate surface area is 84.9 Å². The Morgan fingerprint density at radius 3 is 2.57 bits per heavy atom. The topological polar surface area (TPSA) is 20.3 Å². The van der Waals surface area contributed by atoms with Crippen molar-refractivity contribution in [2.45, 2.75) is 13.8 Å². The Kier molecular flexibility index (Phi) is 3.46. The molecule has 1 amide bonds. The maximum Gasteiger partial charge on any atom is 0.223 e. The molecule has 0 radical (unpaired) electrons. The minimum Gasteiger partial charge on any atom is -0.322 e. The summed E-state index contributed by atoms with van der Waals surface area (Å²) < 4.78 is 0. The molecule has 1 aromatic carbocycles. The molecule has 2 heteroatoms. The summed E-state index contributed by atoms with van der Waals surface area (Å²) in [4.78, 5) is 12.5. The highest BCUT2D eigenvalue weighted by Gasteiger charge is 1.96. The predicted octanol–water partition coefficient (Wildman–Crippen LogP) is 2.44. The molecule has 0 unspecified atom stereocenters. The maximum atomic E-state index is 10.9. The molecular formula is C12H15NO. The van der Waals surface area contributed by atoms with Crippen LogP contribution in [0.4, 0.5) is 0 Å². The van der Waals surface area contributed by atoms with Crippen molar-refractivity contribution in [3.63, 3.8) is 0 Å². The number of carbonyl (C=O) groups is 1. The van der Waals surface area contributed by atoms with Gasteiger partial charge < -0.3 is 4.90 Å². The zero-order chi connectivity index (χ0) is 10.6. The normalized spacial score (nSPS) is 10.5. The second kappa shape index (κ2) is 4.61. The first-order chi connectivity index (χ1) is 6.61. The number of amides is 1. The molecule has 74 valence electrons. The molecule has 0 atom stereocenters. The van der Waals surface area contributed by atoms with Gasteiger partial charge in [0.15, 0.2) is 0 Å². The molecule has 0 bridgehead atoms. The quantitative estimate of drug-likeness (QED) is 0.699. The molecule has 0 saturated heterocycles. The van der Waals surface area contributed by atoms with Crippen LogP contribution in [0, 0.1) is 6.92 Å². The van der Waals surface area contributed by atoms with Gasteiger partial charge in [0.1, 0.15) is 0 Å². The van der Waals surface area contributed by atoms with Crippen molar-refractivity contribution in [3.05, 3.63) is 41.6 Å². The zero-order valence-corrected chi connectivity index (χ0v) is 8.82. The van der Waals surface area contributed by atoms with Gasteiger partial charge in [0.05, 0.1) is 0 Å². The summed E-state index contributed by atoms with van der Waals surface area (Å²) in [5.74, 6) is 0.0369. The Morgan fingerprint density at radius 1 is 1.36 bits per heavy atom. The van der Waals surface area contributed by atoms with Crippen molar-refractivity contribution < 1.29 is 4.79 Å². The van der Waals surface area contributed by atoms with E-state index in [0.717, 1.165) is 5.56 Å². The van der Waals surface area contributed by atoms with Gasteiger partial charge in [-0.15, -0.1) is 0 Å². The highest BCUT2D eigenvalue weighted by molar-refractivity contribution is 5.75. The van der Waals surface area contributed by atoms with Crippen molar-refractivity contribution in [3.8, 4) is 0 Å². The first-order valence-electron chi connectivity index (χ1n) is 4.58. The fourth-order valence-electron chi connectivity index (χ4n) is 1.07. The average molecular weight is 189 g/mol. The van der Waals surface area contributed by atoms with Crippen LogP contribution in [0.3, 0.4) is 0 Å². The van der Waals surface area contributed by atoms with E-state index in [9.17, 15) is 4.79 Å². The fraction of sp³-hybridized carbons (Fsp3) is 0.250. The van der Waals surface area contributed by atoms with Crippen LogP contribution in [-0.4, -0.2) is 17.9 Å². The summed E-state index contributed by atoms with van der Waals surface area (Å²) in [6, 6.07) is 8.06. The van der Waals surface area contributed by atoms with Crippen LogP contribution in [0.5, 0.6) is 0 Å². The van der Waals surface area contributed by atoms with E-state index in [1.807, 2.05) is 37.3 Å². The van der Waals surface area contributed by atoms with Crippen LogP contribution in [-0.2, 0) is 4.79 Å². The molecule has 14 heavy (non-hydrogen) atoms. The number of hydrogen-bond acceptors (Lipinski definition) is 1. The fourth-order valence-corrected chi connectivity index (χ4v) is 1.07. The molecule has 0 heterocycles. The van der Waals surface area contributed by atoms with Gasteiger partial charge >= 0.3 is 0 Å². The lowest BCUT2D eigenvalue weighted by Gasteiger charge is -2.07. The second-order valence-electron chi connectivity index (χ2n) is 3.30. The third kappa shape index (κ3) is 2.73. The van der Waals surface area contributed by atoms with Crippen molar-refractivity contribution in [2.75, 3.05) is 7.05 Å². The second-order valence-corrected chi connectivity index (χ2v) is 3.30. The third-order valence-electron chi connectivity index (χ3n) is 2.16. The molecular weight excluding hydrogens is 174 g/mol. The SMILES string of the molecule is CC(=O)N(C)/C=C/c1ccccc1C. The van der Waals surface area contributed by atoms with Crippen LogP contribution < -0.4 is 0 Å². The Balaban J connectivity index is 2.78. The lowest BCUT2D eigenvalue weighted by molar-refractivity contribution is -0.125. The standard InChI is InChI=1S/C12H15NO/c1-10-6-4-5-7-12(10)8-9-13(3)11(2)14/h4-9H,1-3H3/b9-8+. The Bertz CT molecular complexity index is 355. The van der Waals surface area contributed by atoms with Crippen LogP contribution in [0.2, 0.25) is 0 Å². The molecule has 0 aliphatic rings. The Morgan fingerprint density at radius 2 is 2.00 bits per heavy atom. The molecule has 0 fully saturated rings. The summed E-state index contributed by atoms with van der Waals surface area (Å²) in [7, 11) is 1.75. The largest absolute Gasteiger partial charge is 0.322 e. The number of hydrogen-bond donors (Lipinski definition) is 0. The van der Waals surface area contributed by atoms with Crippen LogP contribution in [0.25, 0.3) is 6.08 Å². The first kappa shape index (κ1) is 10.5.